The van der Waals surface area contributed by atoms with E-state index in [9.17, 15) is 4.79 Å². The van der Waals surface area contributed by atoms with Crippen LogP contribution in [0.4, 0.5) is 0 Å². The first kappa shape index (κ1) is 11.7. The number of carbonyl (C=O) groups is 1. The Morgan fingerprint density at radius 2 is 2.00 bits per heavy atom. The predicted molar refractivity (Wildman–Crippen MR) is 62.8 cm³/mol. The highest BCUT2D eigenvalue weighted by Gasteiger charge is 2.14. The molecule has 0 saturated heterocycles. The second-order valence-corrected chi connectivity index (χ2v) is 4.02. The average Bonchev–Trinajstić information content (AvgIpc) is 2.54. The van der Waals surface area contributed by atoms with Crippen molar-refractivity contribution in [2.75, 3.05) is 13.2 Å². The number of hydrazine groups is 1. The lowest BCUT2D eigenvalue weighted by molar-refractivity contribution is -0.120. The topological polar surface area (TPSA) is 73.6 Å². The van der Waals surface area contributed by atoms with E-state index < -0.39 is 0 Å². The van der Waals surface area contributed by atoms with E-state index in [0.717, 1.165) is 23.3 Å². The van der Waals surface area contributed by atoms with Gasteiger partial charge in [-0.05, 0) is 30.2 Å². The van der Waals surface area contributed by atoms with Gasteiger partial charge in [0.2, 0.25) is 5.91 Å². The van der Waals surface area contributed by atoms with Crippen LogP contribution in [0.3, 0.4) is 0 Å². The second-order valence-electron chi connectivity index (χ2n) is 4.02. The summed E-state index contributed by atoms with van der Waals surface area (Å²) in [6.07, 6.45) is 1.12. The van der Waals surface area contributed by atoms with Crippen molar-refractivity contribution in [3.63, 3.8) is 0 Å². The molecule has 1 heterocycles. The molecule has 0 saturated carbocycles. The summed E-state index contributed by atoms with van der Waals surface area (Å²) in [4.78, 5) is 11.3. The number of hydrogen-bond donors (Lipinski definition) is 2. The number of benzene rings is 1. The number of carbonyl (C=O) groups excluding carboxylic acids is 1. The predicted octanol–water partition coefficient (Wildman–Crippen LogP) is 0.689. The fourth-order valence-corrected chi connectivity index (χ4v) is 1.77. The zero-order chi connectivity index (χ0) is 12.3. The zero-order valence-corrected chi connectivity index (χ0v) is 9.79. The van der Waals surface area contributed by atoms with E-state index >= 15 is 0 Å². The average molecular weight is 236 g/mol. The molecule has 1 aromatic carbocycles. The summed E-state index contributed by atoms with van der Waals surface area (Å²) >= 11 is 0. The minimum Gasteiger partial charge on any atom is -0.490 e. The first-order chi connectivity index (χ1) is 8.20. The Bertz CT molecular complexity index is 432. The number of rotatable bonds is 2. The van der Waals surface area contributed by atoms with Gasteiger partial charge in [-0.1, -0.05) is 0 Å². The minimum atomic E-state index is -0.220. The molecule has 0 bridgehead atoms. The van der Waals surface area contributed by atoms with Crippen LogP contribution in [0.1, 0.15) is 17.5 Å². The van der Waals surface area contributed by atoms with E-state index in [1.807, 2.05) is 19.1 Å². The molecule has 0 radical (unpaired) electrons. The first-order valence-electron chi connectivity index (χ1n) is 5.59. The van der Waals surface area contributed by atoms with Gasteiger partial charge in [0.15, 0.2) is 11.5 Å². The minimum absolute atomic E-state index is 0.220. The zero-order valence-electron chi connectivity index (χ0n) is 9.79. The summed E-state index contributed by atoms with van der Waals surface area (Å²) in [5.74, 6) is 6.31. The monoisotopic (exact) mass is 236 g/mol. The maximum absolute atomic E-state index is 11.3. The largest absolute Gasteiger partial charge is 0.490 e. The summed E-state index contributed by atoms with van der Waals surface area (Å²) in [6, 6.07) is 3.75. The van der Waals surface area contributed by atoms with Crippen LogP contribution in [0.15, 0.2) is 12.1 Å². The molecule has 0 aliphatic carbocycles. The molecule has 1 aliphatic rings. The molecule has 2 rings (SSSR count). The standard InChI is InChI=1S/C12H16N2O3/c1-8-5-10-11(17-4-2-3-16-10)6-9(8)7-12(15)14-13/h5-6H,2-4,7,13H2,1H3,(H,14,15). The maximum Gasteiger partial charge on any atom is 0.238 e. The van der Waals surface area contributed by atoms with Crippen molar-refractivity contribution in [1.29, 1.82) is 0 Å². The van der Waals surface area contributed by atoms with Gasteiger partial charge in [-0.2, -0.15) is 0 Å². The summed E-state index contributed by atoms with van der Waals surface area (Å²) in [5.41, 5.74) is 4.02. The number of nitrogens with two attached hydrogens (primary N) is 1. The molecule has 1 aromatic rings. The van der Waals surface area contributed by atoms with Crippen LogP contribution < -0.4 is 20.7 Å². The second kappa shape index (κ2) is 5.05. The number of hydrogen-bond acceptors (Lipinski definition) is 4. The van der Waals surface area contributed by atoms with Crippen molar-refractivity contribution in [3.05, 3.63) is 23.3 Å². The van der Waals surface area contributed by atoms with E-state index in [1.165, 1.54) is 0 Å². The molecule has 0 fully saturated rings. The van der Waals surface area contributed by atoms with E-state index in [-0.39, 0.29) is 12.3 Å². The Hall–Kier alpha value is -1.75. The number of fused-ring (bicyclic) bond motifs is 1. The van der Waals surface area contributed by atoms with E-state index in [0.29, 0.717) is 19.0 Å². The van der Waals surface area contributed by atoms with Gasteiger partial charge < -0.3 is 9.47 Å². The van der Waals surface area contributed by atoms with Gasteiger partial charge in [0.05, 0.1) is 19.6 Å². The molecule has 0 atom stereocenters. The van der Waals surface area contributed by atoms with Crippen molar-refractivity contribution < 1.29 is 14.3 Å². The summed E-state index contributed by atoms with van der Waals surface area (Å²) in [7, 11) is 0. The highest BCUT2D eigenvalue weighted by Crippen LogP contribution is 2.32. The van der Waals surface area contributed by atoms with Gasteiger partial charge in [-0.15, -0.1) is 0 Å². The van der Waals surface area contributed by atoms with Crippen LogP contribution in [0, 0.1) is 6.92 Å². The van der Waals surface area contributed by atoms with Gasteiger partial charge in [0.25, 0.3) is 0 Å². The molecule has 1 amide bonds. The molecule has 0 spiro atoms. The number of nitrogens with one attached hydrogen (secondary N) is 1. The highest BCUT2D eigenvalue weighted by atomic mass is 16.5. The van der Waals surface area contributed by atoms with Gasteiger partial charge in [0.1, 0.15) is 0 Å². The molecule has 1 aliphatic heterocycles. The van der Waals surface area contributed by atoms with Crippen LogP contribution in [0.5, 0.6) is 11.5 Å². The van der Waals surface area contributed by atoms with E-state index in [2.05, 4.69) is 5.43 Å². The van der Waals surface area contributed by atoms with Gasteiger partial charge in [-0.3, -0.25) is 10.2 Å². The third-order valence-corrected chi connectivity index (χ3v) is 2.72. The normalized spacial score (nSPS) is 14.0. The molecular weight excluding hydrogens is 220 g/mol. The van der Waals surface area contributed by atoms with Crippen LogP contribution in [0.2, 0.25) is 0 Å². The Kier molecular flexibility index (Phi) is 3.49. The summed E-state index contributed by atoms with van der Waals surface area (Å²) in [6.45, 7) is 3.24. The summed E-state index contributed by atoms with van der Waals surface area (Å²) in [5, 5.41) is 0. The third kappa shape index (κ3) is 2.68. The Labute approximate surface area is 99.9 Å². The molecule has 3 N–H and O–H groups in total. The fraction of sp³-hybridized carbons (Fsp3) is 0.417. The summed E-state index contributed by atoms with van der Waals surface area (Å²) < 4.78 is 11.1. The van der Waals surface area contributed by atoms with Gasteiger partial charge >= 0.3 is 0 Å². The Morgan fingerprint density at radius 3 is 2.65 bits per heavy atom. The third-order valence-electron chi connectivity index (χ3n) is 2.72. The molecule has 5 heteroatoms. The van der Waals surface area contributed by atoms with E-state index in [4.69, 9.17) is 15.3 Å². The quantitative estimate of drug-likeness (QED) is 0.450. The van der Waals surface area contributed by atoms with Gasteiger partial charge in [-0.25, -0.2) is 5.84 Å². The molecule has 0 unspecified atom stereocenters. The van der Waals surface area contributed by atoms with Crippen LogP contribution in [-0.4, -0.2) is 19.1 Å². The lowest BCUT2D eigenvalue weighted by Gasteiger charge is -2.12. The van der Waals surface area contributed by atoms with Crippen molar-refractivity contribution in [3.8, 4) is 11.5 Å². The van der Waals surface area contributed by atoms with Crippen LogP contribution >= 0.6 is 0 Å². The smallest absolute Gasteiger partial charge is 0.238 e. The first-order valence-corrected chi connectivity index (χ1v) is 5.59. The number of amides is 1. The Balaban J connectivity index is 2.28. The lowest BCUT2D eigenvalue weighted by Crippen LogP contribution is -2.31. The maximum atomic E-state index is 11.3. The Morgan fingerprint density at radius 1 is 1.35 bits per heavy atom. The van der Waals surface area contributed by atoms with Crippen molar-refractivity contribution in [2.45, 2.75) is 19.8 Å². The molecule has 5 nitrogen and oxygen atoms in total. The van der Waals surface area contributed by atoms with Crippen LogP contribution in [-0.2, 0) is 11.2 Å². The highest BCUT2D eigenvalue weighted by molar-refractivity contribution is 5.78. The molecule has 0 aromatic heterocycles. The van der Waals surface area contributed by atoms with Gasteiger partial charge in [0, 0.05) is 6.42 Å². The van der Waals surface area contributed by atoms with Crippen molar-refractivity contribution >= 4 is 5.91 Å². The van der Waals surface area contributed by atoms with Crippen LogP contribution in [0.25, 0.3) is 0 Å². The SMILES string of the molecule is Cc1cc2c(cc1CC(=O)NN)OCCCO2. The number of ether oxygens (including phenoxy) is 2. The fourth-order valence-electron chi connectivity index (χ4n) is 1.77. The van der Waals surface area contributed by atoms with E-state index in [1.54, 1.807) is 0 Å². The van der Waals surface area contributed by atoms with Crippen molar-refractivity contribution in [2.24, 2.45) is 5.84 Å². The number of aryl methyl sites for hydroxylation is 1. The lowest BCUT2D eigenvalue weighted by atomic mass is 10.0. The van der Waals surface area contributed by atoms with Crippen molar-refractivity contribution in [1.82, 2.24) is 5.43 Å². The molecule has 92 valence electrons. The molecular formula is C12H16N2O3. The molecule has 17 heavy (non-hydrogen) atoms.